The van der Waals surface area contributed by atoms with E-state index in [1.165, 1.54) is 31.8 Å². The van der Waals surface area contributed by atoms with Gasteiger partial charge in [-0.2, -0.15) is 0 Å². The highest BCUT2D eigenvalue weighted by molar-refractivity contribution is 5.85. The molecule has 3 fully saturated rings. The lowest BCUT2D eigenvalue weighted by molar-refractivity contribution is 0.211. The van der Waals surface area contributed by atoms with Crippen LogP contribution in [0.4, 0.5) is 0 Å². The molecule has 0 unspecified atom stereocenters. The molecule has 2 bridgehead atoms. The molecule has 4 rings (SSSR count). The lowest BCUT2D eigenvalue weighted by Gasteiger charge is -2.23. The van der Waals surface area contributed by atoms with Gasteiger partial charge in [0.1, 0.15) is 5.82 Å². The molecule has 0 spiro atoms. The Kier molecular flexibility index (Phi) is 4.45. The lowest BCUT2D eigenvalue weighted by Crippen LogP contribution is -2.34. The van der Waals surface area contributed by atoms with E-state index in [4.69, 9.17) is 0 Å². The van der Waals surface area contributed by atoms with E-state index in [0.29, 0.717) is 0 Å². The van der Waals surface area contributed by atoms with E-state index in [-0.39, 0.29) is 24.8 Å². The summed E-state index contributed by atoms with van der Waals surface area (Å²) in [5.41, 5.74) is 0. The third-order valence-electron chi connectivity index (χ3n) is 5.15. The summed E-state index contributed by atoms with van der Waals surface area (Å²) in [7, 11) is 2.10. The molecule has 19 heavy (non-hydrogen) atoms. The van der Waals surface area contributed by atoms with Gasteiger partial charge in [0.05, 0.1) is 6.54 Å². The molecule has 0 amide bonds. The molecule has 3 saturated heterocycles. The van der Waals surface area contributed by atoms with Gasteiger partial charge in [-0.3, -0.25) is 4.90 Å². The Hall–Kier alpha value is -0.290. The van der Waals surface area contributed by atoms with Crippen molar-refractivity contribution in [1.29, 1.82) is 0 Å². The molecule has 4 nitrogen and oxygen atoms in total. The molecule has 6 heteroatoms. The monoisotopic (exact) mass is 304 g/mol. The molecule has 0 radical (unpaired) electrons. The third-order valence-corrected chi connectivity index (χ3v) is 5.15. The van der Waals surface area contributed by atoms with Crippen LogP contribution in [0.3, 0.4) is 0 Å². The fraction of sp³-hybridized carbons (Fsp3) is 0.769. The SMILES string of the molecule is Cl.Cl.Cn1ccnc1CN1[C@@H]2CC[C@H]1[C@H]1CNC[C@H]12. The van der Waals surface area contributed by atoms with E-state index in [1.807, 2.05) is 6.20 Å². The number of nitrogens with zero attached hydrogens (tertiary/aromatic N) is 3. The van der Waals surface area contributed by atoms with Crippen LogP contribution < -0.4 is 5.32 Å². The van der Waals surface area contributed by atoms with E-state index in [2.05, 4.69) is 33.0 Å². The van der Waals surface area contributed by atoms with E-state index in [0.717, 1.165) is 30.5 Å². The number of fused-ring (bicyclic) bond motifs is 5. The maximum absolute atomic E-state index is 4.48. The minimum atomic E-state index is 0. The summed E-state index contributed by atoms with van der Waals surface area (Å²) in [6, 6.07) is 1.63. The minimum Gasteiger partial charge on any atom is -0.337 e. The molecule has 1 N–H and O–H groups in total. The quantitative estimate of drug-likeness (QED) is 0.898. The molecular weight excluding hydrogens is 283 g/mol. The highest BCUT2D eigenvalue weighted by Gasteiger charge is 2.54. The van der Waals surface area contributed by atoms with Crippen LogP contribution in [0.5, 0.6) is 0 Å². The Morgan fingerprint density at radius 1 is 1.21 bits per heavy atom. The average Bonchev–Trinajstić information content (AvgIpc) is 3.03. The first kappa shape index (κ1) is 15.1. The summed E-state index contributed by atoms with van der Waals surface area (Å²) in [5.74, 6) is 3.04. The largest absolute Gasteiger partial charge is 0.337 e. The molecule has 4 atom stereocenters. The molecular formula is C13H22Cl2N4. The predicted octanol–water partition coefficient (Wildman–Crippen LogP) is 1.45. The zero-order valence-electron chi connectivity index (χ0n) is 11.2. The van der Waals surface area contributed by atoms with Crippen molar-refractivity contribution in [3.63, 3.8) is 0 Å². The van der Waals surface area contributed by atoms with Crippen LogP contribution in [0.15, 0.2) is 12.4 Å². The van der Waals surface area contributed by atoms with E-state index >= 15 is 0 Å². The standard InChI is InChI=1S/C13H20N4.2ClH/c1-16-5-4-15-13(16)8-17-11-2-3-12(17)10-7-14-6-9(10)11;;/h4-5,9-12,14H,2-3,6-8H2,1H3;2*1H/t9-,10+,11-,12+;;. The zero-order chi connectivity index (χ0) is 11.4. The van der Waals surface area contributed by atoms with Crippen molar-refractivity contribution in [2.45, 2.75) is 31.5 Å². The maximum atomic E-state index is 4.48. The van der Waals surface area contributed by atoms with Gasteiger partial charge in [-0.1, -0.05) is 0 Å². The zero-order valence-corrected chi connectivity index (χ0v) is 12.8. The normalized spacial score (nSPS) is 35.8. The summed E-state index contributed by atoms with van der Waals surface area (Å²) in [5, 5.41) is 3.57. The molecule has 108 valence electrons. The second-order valence-electron chi connectivity index (χ2n) is 5.82. The highest BCUT2D eigenvalue weighted by atomic mass is 35.5. The second-order valence-corrected chi connectivity index (χ2v) is 5.82. The van der Waals surface area contributed by atoms with Gasteiger partial charge in [-0.25, -0.2) is 4.98 Å². The fourth-order valence-electron chi connectivity index (χ4n) is 4.35. The van der Waals surface area contributed by atoms with Crippen molar-refractivity contribution in [2.75, 3.05) is 13.1 Å². The summed E-state index contributed by atoms with van der Waals surface area (Å²) in [4.78, 5) is 7.21. The number of nitrogens with one attached hydrogen (secondary N) is 1. The molecule has 4 heterocycles. The highest BCUT2D eigenvalue weighted by Crippen LogP contribution is 2.47. The summed E-state index contributed by atoms with van der Waals surface area (Å²) >= 11 is 0. The number of aryl methyl sites for hydroxylation is 1. The average molecular weight is 305 g/mol. The van der Waals surface area contributed by atoms with E-state index in [9.17, 15) is 0 Å². The van der Waals surface area contributed by atoms with Gasteiger partial charge in [0.25, 0.3) is 0 Å². The molecule has 0 saturated carbocycles. The Balaban J connectivity index is 0.000000667. The van der Waals surface area contributed by atoms with Crippen LogP contribution in [0.2, 0.25) is 0 Å². The number of hydrogen-bond donors (Lipinski definition) is 1. The molecule has 1 aromatic rings. The molecule has 0 aliphatic carbocycles. The summed E-state index contributed by atoms with van der Waals surface area (Å²) < 4.78 is 2.16. The van der Waals surface area contributed by atoms with Crippen molar-refractivity contribution in [1.82, 2.24) is 19.8 Å². The predicted molar refractivity (Wildman–Crippen MR) is 79.9 cm³/mol. The van der Waals surface area contributed by atoms with Gasteiger partial charge >= 0.3 is 0 Å². The Morgan fingerprint density at radius 3 is 2.37 bits per heavy atom. The first-order valence-corrected chi connectivity index (χ1v) is 6.77. The van der Waals surface area contributed by atoms with Gasteiger partial charge in [0.15, 0.2) is 0 Å². The minimum absolute atomic E-state index is 0. The first-order valence-electron chi connectivity index (χ1n) is 6.77. The van der Waals surface area contributed by atoms with Crippen LogP contribution >= 0.6 is 24.8 Å². The van der Waals surface area contributed by atoms with Crippen LogP contribution in [0, 0.1) is 11.8 Å². The second kappa shape index (κ2) is 5.60. The number of hydrogen-bond acceptors (Lipinski definition) is 3. The first-order chi connectivity index (χ1) is 8.34. The molecule has 0 aromatic carbocycles. The van der Waals surface area contributed by atoms with Gasteiger partial charge in [0, 0.05) is 31.5 Å². The van der Waals surface area contributed by atoms with Crippen molar-refractivity contribution in [2.24, 2.45) is 18.9 Å². The van der Waals surface area contributed by atoms with Crippen LogP contribution in [0.25, 0.3) is 0 Å². The third kappa shape index (κ3) is 2.19. The van der Waals surface area contributed by atoms with E-state index in [1.54, 1.807) is 0 Å². The molecule has 3 aliphatic rings. The molecule has 3 aliphatic heterocycles. The number of halogens is 2. The van der Waals surface area contributed by atoms with Crippen LogP contribution in [-0.4, -0.2) is 39.6 Å². The van der Waals surface area contributed by atoms with Gasteiger partial charge < -0.3 is 9.88 Å². The summed E-state index contributed by atoms with van der Waals surface area (Å²) in [6.07, 6.45) is 6.77. The Labute approximate surface area is 126 Å². The Bertz CT molecular complexity index is 418. The van der Waals surface area contributed by atoms with Crippen LogP contribution in [0.1, 0.15) is 18.7 Å². The lowest BCUT2D eigenvalue weighted by atomic mass is 9.82. The topological polar surface area (TPSA) is 33.1 Å². The van der Waals surface area contributed by atoms with Crippen molar-refractivity contribution in [3.05, 3.63) is 18.2 Å². The number of rotatable bonds is 2. The number of imidazole rings is 1. The van der Waals surface area contributed by atoms with E-state index < -0.39 is 0 Å². The van der Waals surface area contributed by atoms with Crippen molar-refractivity contribution in [3.8, 4) is 0 Å². The van der Waals surface area contributed by atoms with Crippen molar-refractivity contribution < 1.29 is 0 Å². The van der Waals surface area contributed by atoms with Gasteiger partial charge in [0.2, 0.25) is 0 Å². The fourth-order valence-corrected chi connectivity index (χ4v) is 4.35. The van der Waals surface area contributed by atoms with Crippen LogP contribution in [-0.2, 0) is 13.6 Å². The van der Waals surface area contributed by atoms with Crippen molar-refractivity contribution >= 4 is 24.8 Å². The van der Waals surface area contributed by atoms with Gasteiger partial charge in [-0.15, -0.1) is 24.8 Å². The number of aromatic nitrogens is 2. The summed E-state index contributed by atoms with van der Waals surface area (Å²) in [6.45, 7) is 3.53. The molecule has 1 aromatic heterocycles. The van der Waals surface area contributed by atoms with Gasteiger partial charge in [-0.05, 0) is 37.8 Å². The smallest absolute Gasteiger partial charge is 0.122 e. The Morgan fingerprint density at radius 2 is 1.84 bits per heavy atom. The maximum Gasteiger partial charge on any atom is 0.122 e.